The molecule has 0 spiro atoms. The molecule has 0 aliphatic heterocycles. The number of carbonyl (C=O) groups is 3. The molecule has 0 aromatic carbocycles. The van der Waals surface area contributed by atoms with Crippen LogP contribution in [0.3, 0.4) is 0 Å². The lowest BCUT2D eigenvalue weighted by Crippen LogP contribution is -2.14. The van der Waals surface area contributed by atoms with E-state index in [0.717, 1.165) is 0 Å². The van der Waals surface area contributed by atoms with Crippen molar-refractivity contribution in [3.63, 3.8) is 0 Å². The summed E-state index contributed by atoms with van der Waals surface area (Å²) in [6, 6.07) is 9.78. The third-order valence-corrected chi connectivity index (χ3v) is 2.62. The largest absolute Gasteiger partial charge is 0.299 e. The quantitative estimate of drug-likeness (QED) is 0.593. The molecular weight excluding hydrogens is 304 g/mol. The van der Waals surface area contributed by atoms with Gasteiger partial charge in [0.05, 0.1) is 12.8 Å². The lowest BCUT2D eigenvalue weighted by atomic mass is 10.1. The monoisotopic (exact) mass is 328 g/mol. The molecule has 2 rings (SSSR count). The lowest BCUT2D eigenvalue weighted by molar-refractivity contribution is -0.117. The molecule has 128 valence electrons. The van der Waals surface area contributed by atoms with Gasteiger partial charge in [-0.3, -0.25) is 24.4 Å². The maximum absolute atomic E-state index is 11.8. The predicted octanol–water partition coefficient (Wildman–Crippen LogP) is 3.94. The van der Waals surface area contributed by atoms with Crippen LogP contribution in [0.1, 0.15) is 61.5 Å². The van der Waals surface area contributed by atoms with Crippen LogP contribution in [0, 0.1) is 0 Å². The summed E-state index contributed by atoms with van der Waals surface area (Å²) < 4.78 is 0. The molecule has 2 heterocycles. The number of hydrogen-bond acceptors (Lipinski definition) is 5. The van der Waals surface area contributed by atoms with Crippen LogP contribution in [0.25, 0.3) is 0 Å². The van der Waals surface area contributed by atoms with Gasteiger partial charge in [0.15, 0.2) is 11.6 Å². The number of aromatic nitrogens is 2. The number of Topliss-reactive ketones (excluding diaryl/α,β-unsaturated/α-hetero) is 3. The van der Waals surface area contributed by atoms with Crippen molar-refractivity contribution >= 4 is 17.3 Å². The number of hydrogen-bond donors (Lipinski definition) is 0. The summed E-state index contributed by atoms with van der Waals surface area (Å²) in [4.78, 5) is 43.0. The molecule has 24 heavy (non-hydrogen) atoms. The van der Waals surface area contributed by atoms with Gasteiger partial charge in [0.1, 0.15) is 17.2 Å². The molecule has 0 fully saturated rings. The van der Waals surface area contributed by atoms with Crippen molar-refractivity contribution in [1.29, 1.82) is 0 Å². The van der Waals surface area contributed by atoms with E-state index in [1.807, 2.05) is 27.7 Å². The summed E-state index contributed by atoms with van der Waals surface area (Å²) in [6.45, 7) is 8.00. The van der Waals surface area contributed by atoms with Crippen molar-refractivity contribution in [3.8, 4) is 0 Å². The number of rotatable bonds is 6. The second-order valence-electron chi connectivity index (χ2n) is 4.17. The van der Waals surface area contributed by atoms with Crippen LogP contribution in [-0.2, 0) is 4.79 Å². The molecule has 0 unspecified atom stereocenters. The van der Waals surface area contributed by atoms with Crippen molar-refractivity contribution in [1.82, 2.24) is 9.97 Å². The Morgan fingerprint density at radius 2 is 1.08 bits per heavy atom. The van der Waals surface area contributed by atoms with E-state index in [9.17, 15) is 14.4 Å². The zero-order valence-electron chi connectivity index (χ0n) is 14.7. The molecule has 5 heteroatoms. The van der Waals surface area contributed by atoms with Gasteiger partial charge in [-0.2, -0.15) is 0 Å². The number of pyridine rings is 2. The van der Waals surface area contributed by atoms with E-state index < -0.39 is 5.78 Å². The van der Waals surface area contributed by atoms with Crippen LogP contribution in [0.5, 0.6) is 0 Å². The maximum atomic E-state index is 11.8. The van der Waals surface area contributed by atoms with E-state index >= 15 is 0 Å². The molecule has 0 aliphatic carbocycles. The van der Waals surface area contributed by atoms with Gasteiger partial charge in [-0.1, -0.05) is 39.8 Å². The first-order valence-corrected chi connectivity index (χ1v) is 8.07. The van der Waals surface area contributed by atoms with Gasteiger partial charge in [0.2, 0.25) is 0 Å². The second-order valence-corrected chi connectivity index (χ2v) is 4.17. The van der Waals surface area contributed by atoms with Crippen molar-refractivity contribution in [2.75, 3.05) is 0 Å². The van der Waals surface area contributed by atoms with Crippen molar-refractivity contribution in [3.05, 3.63) is 60.2 Å². The van der Waals surface area contributed by atoms with Crippen LogP contribution in [0.4, 0.5) is 0 Å². The highest BCUT2D eigenvalue weighted by Gasteiger charge is 2.17. The minimum absolute atomic E-state index is 0.228. The van der Waals surface area contributed by atoms with Crippen LogP contribution < -0.4 is 0 Å². The SMILES string of the molecule is CC.CC.O=C(CC(=O)c1ccccn1)CC(=O)c1ccccn1. The average Bonchev–Trinajstić information content (AvgIpc) is 2.66. The van der Waals surface area contributed by atoms with E-state index in [4.69, 9.17) is 0 Å². The van der Waals surface area contributed by atoms with Crippen LogP contribution in [-0.4, -0.2) is 27.3 Å². The Bertz CT molecular complexity index is 570. The Kier molecular flexibility index (Phi) is 11.4. The van der Waals surface area contributed by atoms with Gasteiger partial charge < -0.3 is 0 Å². The Labute approximate surface area is 143 Å². The van der Waals surface area contributed by atoms with Crippen LogP contribution >= 0.6 is 0 Å². The van der Waals surface area contributed by atoms with Gasteiger partial charge in [-0.15, -0.1) is 0 Å². The lowest BCUT2D eigenvalue weighted by Gasteiger charge is -2.00. The van der Waals surface area contributed by atoms with Gasteiger partial charge in [-0.05, 0) is 24.3 Å². The molecule has 0 atom stereocenters. The summed E-state index contributed by atoms with van der Waals surface area (Å²) in [5.41, 5.74) is 0.456. The smallest absolute Gasteiger partial charge is 0.188 e. The highest BCUT2D eigenvalue weighted by atomic mass is 16.2. The molecule has 0 radical (unpaired) electrons. The first kappa shape index (κ1) is 21.3. The highest BCUT2D eigenvalue weighted by Crippen LogP contribution is 2.05. The molecule has 5 nitrogen and oxygen atoms in total. The normalized spacial score (nSPS) is 8.83. The van der Waals surface area contributed by atoms with Gasteiger partial charge >= 0.3 is 0 Å². The first-order chi connectivity index (χ1) is 11.7. The first-order valence-electron chi connectivity index (χ1n) is 8.07. The molecular formula is C19H24N2O3. The zero-order chi connectivity index (χ0) is 18.4. The molecule has 0 bridgehead atoms. The van der Waals surface area contributed by atoms with Crippen LogP contribution in [0.15, 0.2) is 48.8 Å². The standard InChI is InChI=1S/C15H12N2O3.2C2H6/c18-11(9-14(19)12-5-1-3-7-16-12)10-15(20)13-6-2-4-8-17-13;2*1-2/h1-8H,9-10H2;2*1-2H3. The van der Waals surface area contributed by atoms with E-state index in [2.05, 4.69) is 9.97 Å². The Balaban J connectivity index is 0.00000123. The molecule has 0 aliphatic rings. The molecule has 2 aromatic heterocycles. The van der Waals surface area contributed by atoms with Crippen molar-refractivity contribution < 1.29 is 14.4 Å². The summed E-state index contributed by atoms with van der Waals surface area (Å²) in [5.74, 6) is -1.20. The van der Waals surface area contributed by atoms with Gasteiger partial charge in [-0.25, -0.2) is 0 Å². The minimum atomic E-state index is -0.434. The van der Waals surface area contributed by atoms with Crippen LogP contribution in [0.2, 0.25) is 0 Å². The average molecular weight is 328 g/mol. The topological polar surface area (TPSA) is 77.0 Å². The second kappa shape index (κ2) is 12.8. The van der Waals surface area contributed by atoms with Crippen molar-refractivity contribution in [2.24, 2.45) is 0 Å². The number of ketones is 3. The number of nitrogens with zero attached hydrogens (tertiary/aromatic N) is 2. The van der Waals surface area contributed by atoms with Gasteiger partial charge in [0, 0.05) is 12.4 Å². The van der Waals surface area contributed by atoms with E-state index in [-0.39, 0.29) is 35.8 Å². The Morgan fingerprint density at radius 3 is 1.38 bits per heavy atom. The summed E-state index contributed by atoms with van der Waals surface area (Å²) in [6.07, 6.45) is 2.32. The fourth-order valence-corrected chi connectivity index (χ4v) is 1.66. The molecule has 0 saturated heterocycles. The third kappa shape index (κ3) is 7.54. The highest BCUT2D eigenvalue weighted by molar-refractivity contribution is 6.14. The van der Waals surface area contributed by atoms with E-state index in [1.54, 1.807) is 24.3 Å². The molecule has 0 N–H and O–H groups in total. The zero-order valence-corrected chi connectivity index (χ0v) is 14.7. The summed E-state index contributed by atoms with van der Waals surface area (Å²) in [5, 5.41) is 0. The molecule has 0 amide bonds. The Morgan fingerprint density at radius 1 is 0.708 bits per heavy atom. The molecule has 2 aromatic rings. The Hall–Kier alpha value is -2.69. The fourth-order valence-electron chi connectivity index (χ4n) is 1.66. The third-order valence-electron chi connectivity index (χ3n) is 2.62. The minimum Gasteiger partial charge on any atom is -0.299 e. The van der Waals surface area contributed by atoms with Crippen molar-refractivity contribution in [2.45, 2.75) is 40.5 Å². The predicted molar refractivity (Wildman–Crippen MR) is 94.1 cm³/mol. The van der Waals surface area contributed by atoms with Gasteiger partial charge in [0.25, 0.3) is 0 Å². The van der Waals surface area contributed by atoms with E-state index in [1.165, 1.54) is 24.5 Å². The fraction of sp³-hybridized carbons (Fsp3) is 0.316. The molecule has 0 saturated carbocycles. The maximum Gasteiger partial charge on any atom is 0.188 e. The summed E-state index contributed by atoms with van der Waals surface area (Å²) in [7, 11) is 0. The number of carbonyl (C=O) groups excluding carboxylic acids is 3. The van der Waals surface area contributed by atoms with E-state index in [0.29, 0.717) is 0 Å². The summed E-state index contributed by atoms with van der Waals surface area (Å²) >= 11 is 0.